The number of nitrogens with one attached hydrogen (secondary N) is 1. The Bertz CT molecular complexity index is 599. The van der Waals surface area contributed by atoms with Crippen LogP contribution in [-0.4, -0.2) is 29.8 Å². The minimum absolute atomic E-state index is 0.0149. The van der Waals surface area contributed by atoms with Gasteiger partial charge in [0.1, 0.15) is 0 Å². The van der Waals surface area contributed by atoms with E-state index in [1.54, 1.807) is 0 Å². The quantitative estimate of drug-likeness (QED) is 0.931. The first kappa shape index (κ1) is 16.0. The van der Waals surface area contributed by atoms with Crippen molar-refractivity contribution < 1.29 is 9.59 Å². The molecule has 0 unspecified atom stereocenters. The van der Waals surface area contributed by atoms with Gasteiger partial charge in [-0.15, -0.1) is 0 Å². The van der Waals surface area contributed by atoms with Crippen LogP contribution in [0.3, 0.4) is 0 Å². The minimum Gasteiger partial charge on any atom is -0.342 e. The lowest BCUT2D eigenvalue weighted by Crippen LogP contribution is -2.45. The molecular weight excluding hydrogens is 288 g/mol. The monoisotopic (exact) mass is 314 g/mol. The fourth-order valence-electron chi connectivity index (χ4n) is 3.46. The second kappa shape index (κ2) is 6.73. The Kier molecular flexibility index (Phi) is 4.69. The molecule has 0 aromatic heterocycles. The van der Waals surface area contributed by atoms with Crippen molar-refractivity contribution in [1.29, 1.82) is 0 Å². The highest BCUT2D eigenvalue weighted by molar-refractivity contribution is 5.93. The van der Waals surface area contributed by atoms with E-state index in [1.807, 2.05) is 30.9 Å². The minimum atomic E-state index is 0.0149. The Morgan fingerprint density at radius 2 is 1.74 bits per heavy atom. The predicted molar refractivity (Wildman–Crippen MR) is 91.2 cm³/mol. The van der Waals surface area contributed by atoms with Crippen LogP contribution >= 0.6 is 0 Å². The Morgan fingerprint density at radius 3 is 2.30 bits per heavy atom. The molecule has 3 rings (SSSR count). The molecule has 1 N–H and O–H groups in total. The molecule has 1 saturated heterocycles. The van der Waals surface area contributed by atoms with Crippen LogP contribution in [0.4, 0.5) is 5.69 Å². The van der Waals surface area contributed by atoms with Gasteiger partial charge in [-0.2, -0.15) is 0 Å². The first-order valence-electron chi connectivity index (χ1n) is 8.71. The number of aryl methyl sites for hydroxylation is 2. The van der Waals surface area contributed by atoms with E-state index >= 15 is 0 Å². The number of likely N-dealkylation sites (tertiary alicyclic amines) is 1. The summed E-state index contributed by atoms with van der Waals surface area (Å²) >= 11 is 0. The molecule has 2 aliphatic rings. The van der Waals surface area contributed by atoms with Crippen molar-refractivity contribution in [2.45, 2.75) is 46.0 Å². The number of carbonyl (C=O) groups is 2. The van der Waals surface area contributed by atoms with Gasteiger partial charge in [-0.1, -0.05) is 24.1 Å². The average molecular weight is 314 g/mol. The highest BCUT2D eigenvalue weighted by Gasteiger charge is 2.33. The van der Waals surface area contributed by atoms with Gasteiger partial charge in [0, 0.05) is 30.6 Å². The molecule has 124 valence electrons. The van der Waals surface area contributed by atoms with E-state index in [0.29, 0.717) is 5.91 Å². The van der Waals surface area contributed by atoms with Gasteiger partial charge in [0.25, 0.3) is 0 Å². The van der Waals surface area contributed by atoms with Gasteiger partial charge in [-0.25, -0.2) is 0 Å². The number of rotatable bonds is 3. The molecule has 1 aromatic carbocycles. The number of benzene rings is 1. The lowest BCUT2D eigenvalue weighted by Gasteiger charge is -2.36. The molecule has 4 nitrogen and oxygen atoms in total. The standard InChI is InChI=1S/C19H26N2O2/c1-13-6-7-17(14(2)12-13)20-18(22)15-8-10-21(11-9-15)19(23)16-4-3-5-16/h6-7,12,15-16H,3-5,8-11H2,1-2H3,(H,20,22). The summed E-state index contributed by atoms with van der Waals surface area (Å²) in [6, 6.07) is 6.07. The van der Waals surface area contributed by atoms with Gasteiger partial charge in [0.2, 0.25) is 11.8 Å². The van der Waals surface area contributed by atoms with Crippen LogP contribution < -0.4 is 5.32 Å². The zero-order chi connectivity index (χ0) is 16.4. The van der Waals surface area contributed by atoms with Crippen LogP contribution in [0.15, 0.2) is 18.2 Å². The summed E-state index contributed by atoms with van der Waals surface area (Å²) < 4.78 is 0. The Morgan fingerprint density at radius 1 is 1.04 bits per heavy atom. The summed E-state index contributed by atoms with van der Waals surface area (Å²) in [4.78, 5) is 26.7. The van der Waals surface area contributed by atoms with Gasteiger partial charge in [0.05, 0.1) is 0 Å². The van der Waals surface area contributed by atoms with Crippen LogP contribution in [-0.2, 0) is 9.59 Å². The molecule has 0 spiro atoms. The SMILES string of the molecule is Cc1ccc(NC(=O)C2CCN(C(=O)C3CCC3)CC2)c(C)c1. The van der Waals surface area contributed by atoms with E-state index in [4.69, 9.17) is 0 Å². The number of anilines is 1. The van der Waals surface area contributed by atoms with E-state index in [9.17, 15) is 9.59 Å². The topological polar surface area (TPSA) is 49.4 Å². The summed E-state index contributed by atoms with van der Waals surface area (Å²) in [6.45, 7) is 5.51. The van der Waals surface area contributed by atoms with Crippen molar-refractivity contribution in [1.82, 2.24) is 4.90 Å². The third kappa shape index (κ3) is 3.57. The number of hydrogen-bond acceptors (Lipinski definition) is 2. The van der Waals surface area contributed by atoms with Gasteiger partial charge in [0.15, 0.2) is 0 Å². The molecule has 4 heteroatoms. The van der Waals surface area contributed by atoms with E-state index in [0.717, 1.165) is 50.0 Å². The molecular formula is C19H26N2O2. The molecule has 0 atom stereocenters. The summed E-state index contributed by atoms with van der Waals surface area (Å²) in [5, 5.41) is 3.05. The maximum absolute atomic E-state index is 12.5. The van der Waals surface area contributed by atoms with E-state index in [2.05, 4.69) is 11.4 Å². The Labute approximate surface area is 138 Å². The molecule has 0 bridgehead atoms. The second-order valence-electron chi connectivity index (χ2n) is 7.04. The lowest BCUT2D eigenvalue weighted by molar-refractivity contribution is -0.140. The van der Waals surface area contributed by atoms with Crippen LogP contribution in [0, 0.1) is 25.7 Å². The molecule has 2 amide bonds. The Hall–Kier alpha value is -1.84. The molecule has 2 fully saturated rings. The number of nitrogens with zero attached hydrogens (tertiary/aromatic N) is 1. The lowest BCUT2D eigenvalue weighted by atomic mass is 9.83. The number of carbonyl (C=O) groups excluding carboxylic acids is 2. The van der Waals surface area contributed by atoms with Crippen molar-refractivity contribution in [2.24, 2.45) is 11.8 Å². The Balaban J connectivity index is 1.52. The van der Waals surface area contributed by atoms with Gasteiger partial charge in [-0.3, -0.25) is 9.59 Å². The van der Waals surface area contributed by atoms with Crippen LogP contribution in [0.5, 0.6) is 0 Å². The number of amides is 2. The summed E-state index contributed by atoms with van der Waals surface area (Å²) in [7, 11) is 0. The molecule has 0 radical (unpaired) electrons. The average Bonchev–Trinajstić information content (AvgIpc) is 2.48. The maximum atomic E-state index is 12.5. The summed E-state index contributed by atoms with van der Waals surface area (Å²) in [5.74, 6) is 0.675. The normalized spacial score (nSPS) is 19.3. The first-order chi connectivity index (χ1) is 11.0. The summed E-state index contributed by atoms with van der Waals surface area (Å²) in [5.41, 5.74) is 3.19. The zero-order valence-corrected chi connectivity index (χ0v) is 14.1. The third-order valence-electron chi connectivity index (χ3n) is 5.27. The van der Waals surface area contributed by atoms with E-state index in [-0.39, 0.29) is 17.7 Å². The van der Waals surface area contributed by atoms with Crippen LogP contribution in [0.2, 0.25) is 0 Å². The van der Waals surface area contributed by atoms with Gasteiger partial charge >= 0.3 is 0 Å². The number of hydrogen-bond donors (Lipinski definition) is 1. The van der Waals surface area contributed by atoms with Crippen molar-refractivity contribution in [3.63, 3.8) is 0 Å². The smallest absolute Gasteiger partial charge is 0.227 e. The highest BCUT2D eigenvalue weighted by Crippen LogP contribution is 2.30. The largest absolute Gasteiger partial charge is 0.342 e. The van der Waals surface area contributed by atoms with Crippen LogP contribution in [0.25, 0.3) is 0 Å². The fraction of sp³-hybridized carbons (Fsp3) is 0.579. The van der Waals surface area contributed by atoms with Crippen molar-refractivity contribution in [3.05, 3.63) is 29.3 Å². The first-order valence-corrected chi connectivity index (χ1v) is 8.71. The molecule has 1 aliphatic carbocycles. The predicted octanol–water partition coefficient (Wildman–Crippen LogP) is 3.28. The molecule has 23 heavy (non-hydrogen) atoms. The third-order valence-corrected chi connectivity index (χ3v) is 5.27. The number of piperidine rings is 1. The second-order valence-corrected chi connectivity index (χ2v) is 7.04. The van der Waals surface area contributed by atoms with Gasteiger partial charge < -0.3 is 10.2 Å². The van der Waals surface area contributed by atoms with Crippen molar-refractivity contribution >= 4 is 17.5 Å². The van der Waals surface area contributed by atoms with E-state index in [1.165, 1.54) is 12.0 Å². The van der Waals surface area contributed by atoms with Crippen molar-refractivity contribution in [3.8, 4) is 0 Å². The maximum Gasteiger partial charge on any atom is 0.227 e. The van der Waals surface area contributed by atoms with Crippen molar-refractivity contribution in [2.75, 3.05) is 18.4 Å². The molecule has 1 saturated carbocycles. The van der Waals surface area contributed by atoms with E-state index < -0.39 is 0 Å². The molecule has 1 aromatic rings. The molecule has 1 aliphatic heterocycles. The highest BCUT2D eigenvalue weighted by atomic mass is 16.2. The summed E-state index contributed by atoms with van der Waals surface area (Å²) in [6.07, 6.45) is 4.83. The molecule has 1 heterocycles. The zero-order valence-electron chi connectivity index (χ0n) is 14.1. The fourth-order valence-corrected chi connectivity index (χ4v) is 3.46. The van der Waals surface area contributed by atoms with Gasteiger partial charge in [-0.05, 0) is 51.2 Å². The van der Waals surface area contributed by atoms with Crippen LogP contribution in [0.1, 0.15) is 43.2 Å².